The highest BCUT2D eigenvalue weighted by molar-refractivity contribution is 7.84. The second kappa shape index (κ2) is 6.11. The molecule has 9 heteroatoms. The fourth-order valence-electron chi connectivity index (χ4n) is 1.11. The van der Waals surface area contributed by atoms with Crippen LogP contribution in [0.15, 0.2) is 23.1 Å². The Morgan fingerprint density at radius 3 is 2.53 bits per heavy atom. The number of ether oxygens (including phenoxy) is 1. The summed E-state index contributed by atoms with van der Waals surface area (Å²) in [5, 5.41) is 8.64. The van der Waals surface area contributed by atoms with E-state index < -0.39 is 46.9 Å². The normalized spacial score (nSPS) is 13.3. The highest BCUT2D eigenvalue weighted by Crippen LogP contribution is 2.17. The van der Waals surface area contributed by atoms with Gasteiger partial charge in [0.05, 0.1) is 16.4 Å². The maximum atomic E-state index is 13.0. The zero-order chi connectivity index (χ0) is 14.6. The lowest BCUT2D eigenvalue weighted by atomic mass is 10.2. The van der Waals surface area contributed by atoms with Crippen molar-refractivity contribution in [2.75, 3.05) is 12.5 Å². The summed E-state index contributed by atoms with van der Waals surface area (Å²) in [4.78, 5) is 10.5. The third-order valence-corrected chi connectivity index (χ3v) is 3.05. The summed E-state index contributed by atoms with van der Waals surface area (Å²) in [5.74, 6) is -3.35. The molecule has 0 amide bonds. The number of alkyl halides is 3. The first-order valence-corrected chi connectivity index (χ1v) is 6.08. The Kier molecular flexibility index (Phi) is 5.01. The molecular weight excluding hydrogens is 292 g/mol. The van der Waals surface area contributed by atoms with Gasteiger partial charge in [-0.2, -0.15) is 13.2 Å². The van der Waals surface area contributed by atoms with Gasteiger partial charge >= 0.3 is 12.1 Å². The Bertz CT molecular complexity index is 501. The Balaban J connectivity index is 2.73. The number of carbonyl (C=O) groups is 1. The predicted molar refractivity (Wildman–Crippen MR) is 56.6 cm³/mol. The van der Waals surface area contributed by atoms with Crippen LogP contribution < -0.4 is 0 Å². The van der Waals surface area contributed by atoms with Gasteiger partial charge in [-0.25, -0.2) is 9.18 Å². The van der Waals surface area contributed by atoms with E-state index in [9.17, 15) is 26.6 Å². The molecule has 1 atom stereocenters. The van der Waals surface area contributed by atoms with E-state index in [1.807, 2.05) is 0 Å². The number of aromatic carboxylic acids is 1. The molecule has 106 valence electrons. The van der Waals surface area contributed by atoms with Crippen LogP contribution in [0.1, 0.15) is 10.4 Å². The van der Waals surface area contributed by atoms with Crippen molar-refractivity contribution >= 4 is 16.8 Å². The van der Waals surface area contributed by atoms with Crippen molar-refractivity contribution in [3.63, 3.8) is 0 Å². The van der Waals surface area contributed by atoms with Crippen LogP contribution in [-0.2, 0) is 15.5 Å². The molecule has 1 N–H and O–H groups in total. The van der Waals surface area contributed by atoms with Gasteiger partial charge in [0.2, 0.25) is 0 Å². The third-order valence-electron chi connectivity index (χ3n) is 1.89. The van der Waals surface area contributed by atoms with Crippen molar-refractivity contribution in [3.8, 4) is 0 Å². The maximum absolute atomic E-state index is 13.0. The summed E-state index contributed by atoms with van der Waals surface area (Å²) in [7, 11) is -2.01. The minimum Gasteiger partial charge on any atom is -0.478 e. The van der Waals surface area contributed by atoms with Crippen molar-refractivity contribution in [1.82, 2.24) is 0 Å². The van der Waals surface area contributed by atoms with Crippen LogP contribution >= 0.6 is 0 Å². The van der Waals surface area contributed by atoms with Gasteiger partial charge < -0.3 is 9.84 Å². The number of halogens is 4. The summed E-state index contributed by atoms with van der Waals surface area (Å²) in [6, 6.07) is 2.60. The van der Waals surface area contributed by atoms with E-state index in [4.69, 9.17) is 5.11 Å². The van der Waals surface area contributed by atoms with E-state index in [-0.39, 0.29) is 4.90 Å². The first-order chi connectivity index (χ1) is 8.70. The lowest BCUT2D eigenvalue weighted by Crippen LogP contribution is -2.18. The van der Waals surface area contributed by atoms with Gasteiger partial charge in [-0.05, 0) is 18.2 Å². The molecule has 0 aromatic heterocycles. The molecule has 1 unspecified atom stereocenters. The number of hydrogen-bond donors (Lipinski definition) is 1. The molecule has 0 heterocycles. The zero-order valence-corrected chi connectivity index (χ0v) is 10.1. The topological polar surface area (TPSA) is 63.6 Å². The number of benzene rings is 1. The van der Waals surface area contributed by atoms with Gasteiger partial charge in [0.1, 0.15) is 18.4 Å². The predicted octanol–water partition coefficient (Wildman–Crippen LogP) is 2.17. The standard InChI is InChI=1S/C10H8F4O4S/c11-8-2-1-6(3-7(8)9(15)16)19(17)5-18-4-10(12,13)14/h1-3H,4-5H2,(H,15,16). The minimum absolute atomic E-state index is 0.124. The van der Waals surface area contributed by atoms with Gasteiger partial charge in [-0.3, -0.25) is 4.21 Å². The van der Waals surface area contributed by atoms with Crippen LogP contribution in [0, 0.1) is 5.82 Å². The fraction of sp³-hybridized carbons (Fsp3) is 0.300. The lowest BCUT2D eigenvalue weighted by molar-refractivity contribution is -0.169. The SMILES string of the molecule is O=C(O)c1cc(S(=O)COCC(F)(F)F)ccc1F. The Labute approximate surface area is 107 Å². The van der Waals surface area contributed by atoms with Crippen LogP contribution in [0.25, 0.3) is 0 Å². The molecule has 19 heavy (non-hydrogen) atoms. The zero-order valence-electron chi connectivity index (χ0n) is 9.24. The first kappa shape index (κ1) is 15.6. The summed E-state index contributed by atoms with van der Waals surface area (Å²) in [6.07, 6.45) is -4.54. The van der Waals surface area contributed by atoms with Gasteiger partial charge in [-0.1, -0.05) is 0 Å². The molecule has 1 aromatic rings. The summed E-state index contributed by atoms with van der Waals surface area (Å²) in [6.45, 7) is -1.56. The largest absolute Gasteiger partial charge is 0.478 e. The minimum atomic E-state index is -4.54. The van der Waals surface area contributed by atoms with Gasteiger partial charge in [-0.15, -0.1) is 0 Å². The third kappa shape index (κ3) is 4.95. The van der Waals surface area contributed by atoms with Crippen LogP contribution in [0.5, 0.6) is 0 Å². The van der Waals surface area contributed by atoms with E-state index in [0.717, 1.165) is 18.2 Å². The second-order valence-electron chi connectivity index (χ2n) is 3.37. The van der Waals surface area contributed by atoms with E-state index in [1.165, 1.54) is 0 Å². The Hall–Kier alpha value is -1.48. The molecule has 0 fully saturated rings. The molecule has 0 radical (unpaired) electrons. The molecule has 1 aromatic carbocycles. The van der Waals surface area contributed by atoms with E-state index in [1.54, 1.807) is 0 Å². The highest BCUT2D eigenvalue weighted by Gasteiger charge is 2.27. The average Bonchev–Trinajstić information content (AvgIpc) is 2.27. The lowest BCUT2D eigenvalue weighted by Gasteiger charge is -2.08. The monoisotopic (exact) mass is 300 g/mol. The van der Waals surface area contributed by atoms with Crippen molar-refractivity contribution in [2.24, 2.45) is 0 Å². The molecule has 0 saturated carbocycles. The molecule has 1 rings (SSSR count). The number of carboxylic acid groups (broad SMARTS) is 1. The molecule has 0 aliphatic rings. The van der Waals surface area contributed by atoms with E-state index in [0.29, 0.717) is 0 Å². The maximum Gasteiger partial charge on any atom is 0.411 e. The summed E-state index contributed by atoms with van der Waals surface area (Å²) < 4.78 is 64.1. The Morgan fingerprint density at radius 2 is 2.00 bits per heavy atom. The smallest absolute Gasteiger partial charge is 0.411 e. The summed E-state index contributed by atoms with van der Waals surface area (Å²) >= 11 is 0. The van der Waals surface area contributed by atoms with Crippen molar-refractivity contribution in [2.45, 2.75) is 11.1 Å². The van der Waals surface area contributed by atoms with Crippen LogP contribution in [-0.4, -0.2) is 34.0 Å². The van der Waals surface area contributed by atoms with Gasteiger partial charge in [0.15, 0.2) is 0 Å². The molecule has 0 aliphatic heterocycles. The fourth-order valence-corrected chi connectivity index (χ4v) is 1.95. The quantitative estimate of drug-likeness (QED) is 0.846. The number of hydrogen-bond acceptors (Lipinski definition) is 3. The summed E-state index contributed by atoms with van der Waals surface area (Å²) in [5.41, 5.74) is -0.707. The van der Waals surface area contributed by atoms with Crippen LogP contribution in [0.2, 0.25) is 0 Å². The van der Waals surface area contributed by atoms with Gasteiger partial charge in [0, 0.05) is 4.90 Å². The van der Waals surface area contributed by atoms with Crippen molar-refractivity contribution < 1.29 is 36.4 Å². The van der Waals surface area contributed by atoms with Crippen LogP contribution in [0.3, 0.4) is 0 Å². The van der Waals surface area contributed by atoms with E-state index in [2.05, 4.69) is 4.74 Å². The molecule has 0 bridgehead atoms. The van der Waals surface area contributed by atoms with Crippen molar-refractivity contribution in [1.29, 1.82) is 0 Å². The average molecular weight is 300 g/mol. The molecular formula is C10H8F4O4S. The van der Waals surface area contributed by atoms with Gasteiger partial charge in [0.25, 0.3) is 0 Å². The second-order valence-corrected chi connectivity index (χ2v) is 4.77. The molecule has 4 nitrogen and oxygen atoms in total. The highest BCUT2D eigenvalue weighted by atomic mass is 32.2. The number of rotatable bonds is 5. The number of carboxylic acids is 1. The van der Waals surface area contributed by atoms with Crippen LogP contribution in [0.4, 0.5) is 17.6 Å². The Morgan fingerprint density at radius 1 is 1.37 bits per heavy atom. The van der Waals surface area contributed by atoms with Crippen molar-refractivity contribution in [3.05, 3.63) is 29.6 Å². The first-order valence-electron chi connectivity index (χ1n) is 4.76. The molecule has 0 saturated heterocycles. The van der Waals surface area contributed by atoms with E-state index >= 15 is 0 Å². The molecule has 0 aliphatic carbocycles. The molecule has 0 spiro atoms.